The van der Waals surface area contributed by atoms with Gasteiger partial charge in [-0.25, -0.2) is 15.0 Å². The number of aromatic nitrogens is 3. The van der Waals surface area contributed by atoms with Crippen molar-refractivity contribution in [3.63, 3.8) is 0 Å². The van der Waals surface area contributed by atoms with Crippen molar-refractivity contribution in [2.75, 3.05) is 5.32 Å². The van der Waals surface area contributed by atoms with Gasteiger partial charge in [-0.1, -0.05) is 18.5 Å². The Morgan fingerprint density at radius 2 is 2.26 bits per heavy atom. The second-order valence-electron chi connectivity index (χ2n) is 3.87. The van der Waals surface area contributed by atoms with Crippen molar-refractivity contribution in [1.82, 2.24) is 15.0 Å². The van der Waals surface area contributed by atoms with Gasteiger partial charge >= 0.3 is 0 Å². The number of aryl methyl sites for hydroxylation is 2. The summed E-state index contributed by atoms with van der Waals surface area (Å²) in [7, 11) is 0. The van der Waals surface area contributed by atoms with E-state index >= 15 is 0 Å². The fourth-order valence-electron chi connectivity index (χ4n) is 1.54. The summed E-state index contributed by atoms with van der Waals surface area (Å²) in [5.41, 5.74) is 0.277. The minimum absolute atomic E-state index is 0.165. The highest BCUT2D eigenvalue weighted by Gasteiger charge is 2.11. The van der Waals surface area contributed by atoms with Crippen molar-refractivity contribution in [3.8, 4) is 0 Å². The fraction of sp³-hybridized carbons (Fsp3) is 0.333. The minimum Gasteiger partial charge on any atom is -0.363 e. The van der Waals surface area contributed by atoms with Gasteiger partial charge < -0.3 is 5.32 Å². The first kappa shape index (κ1) is 13.9. The number of hydrogen-bond acceptors (Lipinski definition) is 6. The Balaban J connectivity index is 2.16. The molecule has 2 heterocycles. The molecule has 0 unspecified atom stereocenters. The van der Waals surface area contributed by atoms with Crippen LogP contribution in [0.4, 0.5) is 5.82 Å². The molecular formula is C12H13ClN4OS. The second kappa shape index (κ2) is 6.08. The maximum absolute atomic E-state index is 11.0. The molecular weight excluding hydrogens is 284 g/mol. The normalized spacial score (nSPS) is 10.5. The Bertz CT molecular complexity index is 599. The second-order valence-corrected chi connectivity index (χ2v) is 5.43. The molecule has 0 aromatic carbocycles. The lowest BCUT2D eigenvalue weighted by atomic mass is 10.3. The molecule has 2 aromatic heterocycles. The van der Waals surface area contributed by atoms with Crippen LogP contribution in [-0.2, 0) is 13.0 Å². The van der Waals surface area contributed by atoms with E-state index in [1.165, 1.54) is 4.88 Å². The highest BCUT2D eigenvalue weighted by Crippen LogP contribution is 2.20. The number of carbonyl (C=O) groups is 1. The predicted octanol–water partition coefficient (Wildman–Crippen LogP) is 2.88. The number of nitrogens with one attached hydrogen (secondary N) is 1. The summed E-state index contributed by atoms with van der Waals surface area (Å²) >= 11 is 7.54. The Labute approximate surface area is 120 Å². The molecule has 2 rings (SSSR count). The van der Waals surface area contributed by atoms with E-state index in [0.29, 0.717) is 24.5 Å². The van der Waals surface area contributed by atoms with Gasteiger partial charge in [0.05, 0.1) is 12.1 Å². The number of rotatable bonds is 5. The number of thiazole rings is 1. The molecule has 5 nitrogen and oxygen atoms in total. The van der Waals surface area contributed by atoms with Crippen molar-refractivity contribution < 1.29 is 4.79 Å². The van der Waals surface area contributed by atoms with E-state index in [-0.39, 0.29) is 10.7 Å². The van der Waals surface area contributed by atoms with Gasteiger partial charge in [-0.15, -0.1) is 11.3 Å². The van der Waals surface area contributed by atoms with Crippen LogP contribution in [0.1, 0.15) is 33.0 Å². The number of nitrogens with zero attached hydrogens (tertiary/aromatic N) is 3. The smallest absolute Gasteiger partial charge is 0.156 e. The first-order valence-corrected chi connectivity index (χ1v) is 7.00. The Morgan fingerprint density at radius 1 is 1.47 bits per heavy atom. The average Bonchev–Trinajstić information content (AvgIpc) is 2.83. The standard InChI is InChI=1S/C12H13ClN4OS/c1-3-8-4-14-10(19-8)5-15-12-9(6-18)11(13)16-7(2)17-12/h4,6H,3,5H2,1-2H3,(H,15,16,17). The molecule has 0 fully saturated rings. The molecule has 19 heavy (non-hydrogen) atoms. The SMILES string of the molecule is CCc1cnc(CNc2nc(C)nc(Cl)c2C=O)s1. The lowest BCUT2D eigenvalue weighted by Gasteiger charge is -2.08. The Hall–Kier alpha value is -1.53. The van der Waals surface area contributed by atoms with E-state index in [9.17, 15) is 4.79 Å². The summed E-state index contributed by atoms with van der Waals surface area (Å²) in [6, 6.07) is 0. The van der Waals surface area contributed by atoms with Gasteiger partial charge in [-0.05, 0) is 13.3 Å². The molecule has 2 aromatic rings. The fourth-order valence-corrected chi connectivity index (χ4v) is 2.60. The zero-order valence-electron chi connectivity index (χ0n) is 10.6. The number of carbonyl (C=O) groups excluding carboxylic acids is 1. The van der Waals surface area contributed by atoms with Gasteiger partial charge in [0, 0.05) is 11.1 Å². The van der Waals surface area contributed by atoms with Crippen LogP contribution < -0.4 is 5.32 Å². The molecule has 0 aliphatic rings. The number of anilines is 1. The zero-order chi connectivity index (χ0) is 13.8. The van der Waals surface area contributed by atoms with E-state index < -0.39 is 0 Å². The molecule has 0 atom stereocenters. The molecule has 7 heteroatoms. The van der Waals surface area contributed by atoms with E-state index in [1.807, 2.05) is 6.20 Å². The molecule has 0 aliphatic carbocycles. The first-order valence-electron chi connectivity index (χ1n) is 5.80. The molecule has 0 saturated heterocycles. The molecule has 0 aliphatic heterocycles. The summed E-state index contributed by atoms with van der Waals surface area (Å²) in [5.74, 6) is 0.965. The summed E-state index contributed by atoms with van der Waals surface area (Å²) in [4.78, 5) is 24.7. The maximum Gasteiger partial charge on any atom is 0.156 e. The zero-order valence-corrected chi connectivity index (χ0v) is 12.2. The van der Waals surface area contributed by atoms with Crippen LogP contribution >= 0.6 is 22.9 Å². The molecule has 0 saturated carbocycles. The van der Waals surface area contributed by atoms with Crippen LogP contribution in [0, 0.1) is 6.92 Å². The Morgan fingerprint density at radius 3 is 2.89 bits per heavy atom. The molecule has 0 spiro atoms. The van der Waals surface area contributed by atoms with Crippen LogP contribution in [0.25, 0.3) is 0 Å². The molecule has 0 radical (unpaired) electrons. The van der Waals surface area contributed by atoms with Gasteiger partial charge in [-0.3, -0.25) is 4.79 Å². The molecule has 0 bridgehead atoms. The van der Waals surface area contributed by atoms with E-state index in [1.54, 1.807) is 18.3 Å². The summed E-state index contributed by atoms with van der Waals surface area (Å²) in [6.07, 6.45) is 3.49. The first-order chi connectivity index (χ1) is 9.13. The van der Waals surface area contributed by atoms with Crippen LogP contribution in [0.2, 0.25) is 5.15 Å². The molecule has 0 amide bonds. The van der Waals surface area contributed by atoms with Crippen LogP contribution in [0.5, 0.6) is 0 Å². The predicted molar refractivity (Wildman–Crippen MR) is 76.0 cm³/mol. The Kier molecular flexibility index (Phi) is 4.44. The lowest BCUT2D eigenvalue weighted by molar-refractivity contribution is 0.112. The summed E-state index contributed by atoms with van der Waals surface area (Å²) in [5, 5.41) is 4.19. The molecule has 1 N–H and O–H groups in total. The van der Waals surface area contributed by atoms with Gasteiger partial charge in [0.1, 0.15) is 21.8 Å². The van der Waals surface area contributed by atoms with Crippen molar-refractivity contribution in [2.45, 2.75) is 26.8 Å². The highest BCUT2D eigenvalue weighted by molar-refractivity contribution is 7.11. The minimum atomic E-state index is 0.165. The third-order valence-corrected chi connectivity index (χ3v) is 3.92. The number of aldehydes is 1. The third kappa shape index (κ3) is 3.27. The van der Waals surface area contributed by atoms with Crippen molar-refractivity contribution in [2.24, 2.45) is 0 Å². The van der Waals surface area contributed by atoms with E-state index in [0.717, 1.165) is 11.4 Å². The third-order valence-electron chi connectivity index (χ3n) is 2.49. The number of hydrogen-bond donors (Lipinski definition) is 1. The topological polar surface area (TPSA) is 67.8 Å². The van der Waals surface area contributed by atoms with Gasteiger partial charge in [0.25, 0.3) is 0 Å². The van der Waals surface area contributed by atoms with Crippen molar-refractivity contribution in [3.05, 3.63) is 32.6 Å². The van der Waals surface area contributed by atoms with Crippen molar-refractivity contribution in [1.29, 1.82) is 0 Å². The summed E-state index contributed by atoms with van der Waals surface area (Å²) in [6.45, 7) is 4.32. The summed E-state index contributed by atoms with van der Waals surface area (Å²) < 4.78 is 0. The van der Waals surface area contributed by atoms with E-state index in [4.69, 9.17) is 11.6 Å². The number of halogens is 1. The molecule has 100 valence electrons. The van der Waals surface area contributed by atoms with Gasteiger partial charge in [0.2, 0.25) is 0 Å². The highest BCUT2D eigenvalue weighted by atomic mass is 35.5. The van der Waals surface area contributed by atoms with Crippen LogP contribution in [0.15, 0.2) is 6.20 Å². The lowest BCUT2D eigenvalue weighted by Crippen LogP contribution is -2.07. The largest absolute Gasteiger partial charge is 0.363 e. The average molecular weight is 297 g/mol. The van der Waals surface area contributed by atoms with Crippen LogP contribution in [0.3, 0.4) is 0 Å². The maximum atomic E-state index is 11.0. The van der Waals surface area contributed by atoms with Crippen molar-refractivity contribution >= 4 is 35.0 Å². The quantitative estimate of drug-likeness (QED) is 0.679. The van der Waals surface area contributed by atoms with Gasteiger partial charge in [-0.2, -0.15) is 0 Å². The van der Waals surface area contributed by atoms with Gasteiger partial charge in [0.15, 0.2) is 6.29 Å². The monoisotopic (exact) mass is 296 g/mol. The van der Waals surface area contributed by atoms with E-state index in [2.05, 4.69) is 27.2 Å². The van der Waals surface area contributed by atoms with Crippen LogP contribution in [-0.4, -0.2) is 21.2 Å².